The van der Waals surface area contributed by atoms with Crippen molar-refractivity contribution in [2.75, 3.05) is 0 Å². The van der Waals surface area contributed by atoms with E-state index in [1.807, 2.05) is 0 Å². The Morgan fingerprint density at radius 1 is 1.00 bits per heavy atom. The molecule has 20 heavy (non-hydrogen) atoms. The van der Waals surface area contributed by atoms with Crippen LogP contribution in [0.25, 0.3) is 0 Å². The molecule has 0 unspecified atom stereocenters. The number of ether oxygens (including phenoxy) is 1. The van der Waals surface area contributed by atoms with Crippen molar-refractivity contribution in [1.82, 2.24) is 0 Å². The van der Waals surface area contributed by atoms with Gasteiger partial charge in [0.1, 0.15) is 5.75 Å². The van der Waals surface area contributed by atoms with Gasteiger partial charge in [-0.1, -0.05) is 23.7 Å². The van der Waals surface area contributed by atoms with Gasteiger partial charge >= 0.3 is 6.36 Å². The fourth-order valence-electron chi connectivity index (χ4n) is 1.60. The Morgan fingerprint density at radius 2 is 1.65 bits per heavy atom. The summed E-state index contributed by atoms with van der Waals surface area (Å²) in [4.78, 5) is 12.1. The molecule has 0 aliphatic rings. The molecule has 0 saturated heterocycles. The van der Waals surface area contributed by atoms with Crippen LogP contribution < -0.4 is 4.74 Å². The van der Waals surface area contributed by atoms with Crippen LogP contribution in [0.5, 0.6) is 5.75 Å². The molecule has 0 fully saturated rings. The van der Waals surface area contributed by atoms with Gasteiger partial charge in [0, 0.05) is 16.1 Å². The van der Waals surface area contributed by atoms with E-state index in [0.717, 1.165) is 12.1 Å². The molecule has 0 saturated carbocycles. The Kier molecular flexibility index (Phi) is 3.99. The van der Waals surface area contributed by atoms with Crippen molar-refractivity contribution in [1.29, 1.82) is 0 Å². The highest BCUT2D eigenvalue weighted by Crippen LogP contribution is 2.23. The van der Waals surface area contributed by atoms with Gasteiger partial charge in [-0.05, 0) is 36.4 Å². The molecule has 0 atom stereocenters. The van der Waals surface area contributed by atoms with Crippen molar-refractivity contribution in [2.45, 2.75) is 6.36 Å². The lowest BCUT2D eigenvalue weighted by Gasteiger charge is -2.09. The number of carbonyl (C=O) groups is 1. The van der Waals surface area contributed by atoms with Crippen molar-refractivity contribution >= 4 is 17.4 Å². The Morgan fingerprint density at radius 3 is 2.20 bits per heavy atom. The maximum Gasteiger partial charge on any atom is 0.573 e. The predicted octanol–water partition coefficient (Wildman–Crippen LogP) is 4.47. The number of carbonyl (C=O) groups excluding carboxylic acids is 1. The molecule has 2 rings (SSSR count). The van der Waals surface area contributed by atoms with Crippen molar-refractivity contribution in [2.24, 2.45) is 0 Å². The van der Waals surface area contributed by atoms with Crippen molar-refractivity contribution in [3.8, 4) is 5.75 Å². The third kappa shape index (κ3) is 3.74. The topological polar surface area (TPSA) is 26.3 Å². The standard InChI is InChI=1S/C14H8ClF3O2/c15-11-3-1-2-10(8-11)13(19)9-4-6-12(7-5-9)20-14(16,17)18/h1-8H. The van der Waals surface area contributed by atoms with E-state index >= 15 is 0 Å². The lowest BCUT2D eigenvalue weighted by Crippen LogP contribution is -2.17. The van der Waals surface area contributed by atoms with Gasteiger partial charge in [0.05, 0.1) is 0 Å². The molecule has 2 aromatic carbocycles. The van der Waals surface area contributed by atoms with Crippen LogP contribution >= 0.6 is 11.6 Å². The van der Waals surface area contributed by atoms with Crippen molar-refractivity contribution in [3.63, 3.8) is 0 Å². The second-order valence-electron chi connectivity index (χ2n) is 3.91. The van der Waals surface area contributed by atoms with E-state index in [1.165, 1.54) is 18.2 Å². The normalized spacial score (nSPS) is 11.2. The number of halogens is 4. The molecule has 0 heterocycles. The van der Waals surface area contributed by atoms with Gasteiger partial charge in [-0.15, -0.1) is 13.2 Å². The van der Waals surface area contributed by atoms with Crippen LogP contribution in [0.1, 0.15) is 15.9 Å². The Bertz CT molecular complexity index is 621. The number of benzene rings is 2. The highest BCUT2D eigenvalue weighted by Gasteiger charge is 2.31. The summed E-state index contributed by atoms with van der Waals surface area (Å²) in [6, 6.07) is 11.0. The molecule has 0 aromatic heterocycles. The third-order valence-electron chi connectivity index (χ3n) is 2.44. The lowest BCUT2D eigenvalue weighted by molar-refractivity contribution is -0.274. The zero-order valence-electron chi connectivity index (χ0n) is 9.95. The van der Waals surface area contributed by atoms with Crippen LogP contribution in [0.15, 0.2) is 48.5 Å². The molecule has 2 aromatic rings. The summed E-state index contributed by atoms with van der Waals surface area (Å²) in [6.45, 7) is 0. The first-order valence-corrected chi connectivity index (χ1v) is 5.89. The van der Waals surface area contributed by atoms with E-state index in [4.69, 9.17) is 11.6 Å². The summed E-state index contributed by atoms with van der Waals surface area (Å²) in [5.41, 5.74) is 0.615. The second-order valence-corrected chi connectivity index (χ2v) is 4.35. The highest BCUT2D eigenvalue weighted by molar-refractivity contribution is 6.31. The van der Waals surface area contributed by atoms with E-state index in [0.29, 0.717) is 10.6 Å². The average Bonchev–Trinajstić information content (AvgIpc) is 2.37. The monoisotopic (exact) mass is 300 g/mol. The SMILES string of the molecule is O=C(c1ccc(OC(F)(F)F)cc1)c1cccc(Cl)c1. The minimum absolute atomic E-state index is 0.252. The summed E-state index contributed by atoms with van der Waals surface area (Å²) in [5.74, 6) is -0.703. The van der Waals surface area contributed by atoms with Crippen LogP contribution in [0, 0.1) is 0 Å². The number of hydrogen-bond acceptors (Lipinski definition) is 2. The fraction of sp³-hybridized carbons (Fsp3) is 0.0714. The summed E-state index contributed by atoms with van der Waals surface area (Å²) in [7, 11) is 0. The minimum Gasteiger partial charge on any atom is -0.406 e. The van der Waals surface area contributed by atoms with E-state index < -0.39 is 6.36 Å². The average molecular weight is 301 g/mol. The van der Waals surface area contributed by atoms with Crippen LogP contribution in [0.2, 0.25) is 5.02 Å². The van der Waals surface area contributed by atoms with Gasteiger partial charge < -0.3 is 4.74 Å². The first-order chi connectivity index (χ1) is 9.35. The molecule has 0 N–H and O–H groups in total. The number of hydrogen-bond donors (Lipinski definition) is 0. The lowest BCUT2D eigenvalue weighted by atomic mass is 10.0. The summed E-state index contributed by atoms with van der Waals surface area (Å²) in [5, 5.41) is 0.410. The first-order valence-electron chi connectivity index (χ1n) is 5.51. The molecule has 0 radical (unpaired) electrons. The second kappa shape index (κ2) is 5.54. The minimum atomic E-state index is -4.75. The van der Waals surface area contributed by atoms with Gasteiger partial charge in [0.2, 0.25) is 0 Å². The molecule has 0 aliphatic carbocycles. The van der Waals surface area contributed by atoms with Crippen LogP contribution in [0.3, 0.4) is 0 Å². The molecule has 0 bridgehead atoms. The molecular weight excluding hydrogens is 293 g/mol. The van der Waals surface area contributed by atoms with Gasteiger partial charge in [-0.25, -0.2) is 0 Å². The van der Waals surface area contributed by atoms with Crippen LogP contribution in [-0.4, -0.2) is 12.1 Å². The Balaban J connectivity index is 2.20. The Labute approximate surface area is 117 Å². The summed E-state index contributed by atoms with van der Waals surface area (Å²) >= 11 is 5.78. The van der Waals surface area contributed by atoms with E-state index in [-0.39, 0.29) is 17.1 Å². The molecule has 2 nitrogen and oxygen atoms in total. The predicted molar refractivity (Wildman–Crippen MR) is 68.0 cm³/mol. The molecular formula is C14H8ClF3O2. The quantitative estimate of drug-likeness (QED) is 0.782. The van der Waals surface area contributed by atoms with Crippen molar-refractivity contribution < 1.29 is 22.7 Å². The maximum absolute atomic E-state index is 12.1. The van der Waals surface area contributed by atoms with Crippen LogP contribution in [0.4, 0.5) is 13.2 Å². The van der Waals surface area contributed by atoms with Crippen LogP contribution in [-0.2, 0) is 0 Å². The summed E-state index contributed by atoms with van der Waals surface area (Å²) < 4.78 is 39.7. The molecule has 0 amide bonds. The fourth-order valence-corrected chi connectivity index (χ4v) is 1.79. The zero-order chi connectivity index (χ0) is 14.8. The van der Waals surface area contributed by atoms with Gasteiger partial charge in [0.25, 0.3) is 0 Å². The highest BCUT2D eigenvalue weighted by atomic mass is 35.5. The number of ketones is 1. The third-order valence-corrected chi connectivity index (χ3v) is 2.67. The van der Waals surface area contributed by atoms with Crippen molar-refractivity contribution in [3.05, 3.63) is 64.7 Å². The number of alkyl halides is 3. The molecule has 0 spiro atoms. The molecule has 6 heteroatoms. The van der Waals surface area contributed by atoms with E-state index in [9.17, 15) is 18.0 Å². The van der Waals surface area contributed by atoms with Gasteiger partial charge in [0.15, 0.2) is 5.78 Å². The van der Waals surface area contributed by atoms with Gasteiger partial charge in [-0.2, -0.15) is 0 Å². The first kappa shape index (κ1) is 14.4. The molecule has 0 aliphatic heterocycles. The molecule has 104 valence electrons. The number of rotatable bonds is 3. The van der Waals surface area contributed by atoms with E-state index in [1.54, 1.807) is 18.2 Å². The maximum atomic E-state index is 12.1. The van der Waals surface area contributed by atoms with E-state index in [2.05, 4.69) is 4.74 Å². The Hall–Kier alpha value is -2.01. The largest absolute Gasteiger partial charge is 0.573 e. The van der Waals surface area contributed by atoms with Gasteiger partial charge in [-0.3, -0.25) is 4.79 Å². The zero-order valence-corrected chi connectivity index (χ0v) is 10.7. The smallest absolute Gasteiger partial charge is 0.406 e. The summed E-state index contributed by atoms with van der Waals surface area (Å²) in [6.07, 6.45) is -4.75.